The number of hydrogen-bond donors (Lipinski definition) is 1. The van der Waals surface area contributed by atoms with Crippen molar-refractivity contribution in [2.24, 2.45) is 4.99 Å². The Labute approximate surface area is 132 Å². The highest BCUT2D eigenvalue weighted by Crippen LogP contribution is 2.22. The lowest BCUT2D eigenvalue weighted by Crippen LogP contribution is -2.21. The van der Waals surface area contributed by atoms with Crippen molar-refractivity contribution >= 4 is 11.5 Å². The maximum Gasteiger partial charge on any atom is 0.182 e. The molecule has 3 aromatic rings. The van der Waals surface area contributed by atoms with Gasteiger partial charge in [-0.2, -0.15) is 0 Å². The highest BCUT2D eigenvalue weighted by atomic mass is 19.1. The maximum atomic E-state index is 13.1. The van der Waals surface area contributed by atoms with Crippen molar-refractivity contribution < 1.29 is 4.39 Å². The molecule has 1 aliphatic heterocycles. The van der Waals surface area contributed by atoms with Gasteiger partial charge in [0, 0.05) is 17.8 Å². The van der Waals surface area contributed by atoms with Crippen LogP contribution in [0.1, 0.15) is 16.8 Å². The summed E-state index contributed by atoms with van der Waals surface area (Å²) in [6, 6.07) is 8.30. The molecule has 0 fully saturated rings. The number of nitrogens with one attached hydrogen (secondary N) is 1. The van der Waals surface area contributed by atoms with Gasteiger partial charge in [0.2, 0.25) is 0 Å². The number of halogens is 1. The Kier molecular flexibility index (Phi) is 3.11. The Morgan fingerprint density at radius 1 is 1.17 bits per heavy atom. The van der Waals surface area contributed by atoms with Gasteiger partial charge in [-0.15, -0.1) is 5.10 Å². The molecule has 3 heterocycles. The van der Waals surface area contributed by atoms with E-state index < -0.39 is 0 Å². The fraction of sp³-hybridized carbons (Fsp3) is 0.235. The van der Waals surface area contributed by atoms with Gasteiger partial charge in [-0.25, -0.2) is 13.9 Å². The Bertz CT molecular complexity index is 924. The molecule has 2 aromatic heterocycles. The highest BCUT2D eigenvalue weighted by molar-refractivity contribution is 6.06. The number of aromatic nitrogens is 3. The molecule has 0 unspecified atom stereocenters. The van der Waals surface area contributed by atoms with Crippen LogP contribution in [0.25, 0.3) is 17.0 Å². The maximum absolute atomic E-state index is 13.1. The molecule has 0 saturated heterocycles. The summed E-state index contributed by atoms with van der Waals surface area (Å²) in [6.45, 7) is 5.66. The smallest absolute Gasteiger partial charge is 0.182 e. The average Bonchev–Trinajstić information content (AvgIpc) is 3.18. The summed E-state index contributed by atoms with van der Waals surface area (Å²) in [5.41, 5.74) is 4.66. The van der Waals surface area contributed by atoms with Crippen LogP contribution in [0.3, 0.4) is 0 Å². The molecule has 0 bridgehead atoms. The van der Waals surface area contributed by atoms with Crippen molar-refractivity contribution in [3.63, 3.8) is 0 Å². The van der Waals surface area contributed by atoms with Crippen LogP contribution < -0.4 is 5.32 Å². The van der Waals surface area contributed by atoms with Crippen LogP contribution in [0.5, 0.6) is 0 Å². The summed E-state index contributed by atoms with van der Waals surface area (Å²) in [5, 5.41) is 7.89. The number of nitrogens with zero attached hydrogens (tertiary/aromatic N) is 4. The summed E-state index contributed by atoms with van der Waals surface area (Å²) in [6.07, 6.45) is 0. The van der Waals surface area contributed by atoms with Gasteiger partial charge in [0.05, 0.1) is 12.1 Å². The zero-order chi connectivity index (χ0) is 16.0. The second-order valence-corrected chi connectivity index (χ2v) is 5.68. The van der Waals surface area contributed by atoms with E-state index in [9.17, 15) is 4.39 Å². The van der Waals surface area contributed by atoms with Crippen LogP contribution in [0.4, 0.5) is 4.39 Å². The Balaban J connectivity index is 1.95. The van der Waals surface area contributed by atoms with Crippen molar-refractivity contribution in [2.75, 3.05) is 13.1 Å². The summed E-state index contributed by atoms with van der Waals surface area (Å²) in [4.78, 5) is 9.20. The largest absolute Gasteiger partial charge is 0.368 e. The molecule has 116 valence electrons. The van der Waals surface area contributed by atoms with Gasteiger partial charge in [-0.1, -0.05) is 0 Å². The van der Waals surface area contributed by atoms with Crippen LogP contribution in [0.15, 0.2) is 35.3 Å². The number of fused-ring (bicyclic) bond motifs is 1. The molecular formula is C17H16FN5. The zero-order valence-corrected chi connectivity index (χ0v) is 13.0. The van der Waals surface area contributed by atoms with Crippen molar-refractivity contribution in [1.29, 1.82) is 0 Å². The van der Waals surface area contributed by atoms with E-state index in [0.29, 0.717) is 5.82 Å². The molecule has 0 atom stereocenters. The first-order chi connectivity index (χ1) is 11.1. The number of hydrogen-bond acceptors (Lipinski definition) is 4. The van der Waals surface area contributed by atoms with E-state index in [2.05, 4.69) is 33.4 Å². The highest BCUT2D eigenvalue weighted by Gasteiger charge is 2.19. The Morgan fingerprint density at radius 3 is 2.65 bits per heavy atom. The molecule has 5 nitrogen and oxygen atoms in total. The van der Waals surface area contributed by atoms with Crippen molar-refractivity contribution in [1.82, 2.24) is 19.9 Å². The average molecular weight is 309 g/mol. The first-order valence-electron chi connectivity index (χ1n) is 7.55. The first-order valence-corrected chi connectivity index (χ1v) is 7.55. The van der Waals surface area contributed by atoms with Crippen molar-refractivity contribution in [3.8, 4) is 11.4 Å². The van der Waals surface area contributed by atoms with Gasteiger partial charge in [0.25, 0.3) is 0 Å². The summed E-state index contributed by atoms with van der Waals surface area (Å²) in [7, 11) is 0. The molecule has 0 aliphatic carbocycles. The van der Waals surface area contributed by atoms with E-state index >= 15 is 0 Å². The number of aliphatic imine (C=N–C) groups is 1. The second-order valence-electron chi connectivity index (χ2n) is 5.68. The normalized spacial score (nSPS) is 14.1. The predicted octanol–water partition coefficient (Wildman–Crippen LogP) is 2.50. The molecule has 0 spiro atoms. The van der Waals surface area contributed by atoms with Crippen molar-refractivity contribution in [2.45, 2.75) is 13.8 Å². The lowest BCUT2D eigenvalue weighted by molar-refractivity contribution is 0.628. The fourth-order valence-corrected chi connectivity index (χ4v) is 2.92. The SMILES string of the molecule is Cc1cc(C)n2nc(-c3ccc(F)cc3)nc2c1C1=NCCN1. The number of pyridine rings is 1. The van der Waals surface area contributed by atoms with Gasteiger partial charge < -0.3 is 5.32 Å². The van der Waals surface area contributed by atoms with Gasteiger partial charge >= 0.3 is 0 Å². The number of benzene rings is 1. The summed E-state index contributed by atoms with van der Waals surface area (Å²) >= 11 is 0. The number of rotatable bonds is 2. The van der Waals surface area contributed by atoms with Gasteiger partial charge in [0.15, 0.2) is 11.5 Å². The zero-order valence-electron chi connectivity index (χ0n) is 13.0. The minimum atomic E-state index is -0.269. The monoisotopic (exact) mass is 309 g/mol. The van der Waals surface area contributed by atoms with E-state index in [1.54, 1.807) is 12.1 Å². The second kappa shape index (κ2) is 5.15. The third-order valence-corrected chi connectivity index (χ3v) is 4.00. The Morgan fingerprint density at radius 2 is 1.96 bits per heavy atom. The number of amidine groups is 1. The van der Waals surface area contributed by atoms with Crippen molar-refractivity contribution in [3.05, 3.63) is 53.0 Å². The molecule has 6 heteroatoms. The predicted molar refractivity (Wildman–Crippen MR) is 87.3 cm³/mol. The van der Waals surface area contributed by atoms with E-state index in [0.717, 1.165) is 47.0 Å². The van der Waals surface area contributed by atoms with Crippen LogP contribution in [-0.2, 0) is 0 Å². The minimum Gasteiger partial charge on any atom is -0.368 e. The lowest BCUT2D eigenvalue weighted by Gasteiger charge is -2.09. The van der Waals surface area contributed by atoms with E-state index in [-0.39, 0.29) is 5.82 Å². The quantitative estimate of drug-likeness (QED) is 0.791. The van der Waals surface area contributed by atoms with E-state index in [1.165, 1.54) is 12.1 Å². The summed E-state index contributed by atoms with van der Waals surface area (Å²) in [5.74, 6) is 1.18. The molecular weight excluding hydrogens is 293 g/mol. The lowest BCUT2D eigenvalue weighted by atomic mass is 10.1. The molecule has 4 rings (SSSR count). The molecule has 1 N–H and O–H groups in total. The molecule has 0 radical (unpaired) electrons. The molecule has 1 aromatic carbocycles. The van der Waals surface area contributed by atoms with Crippen LogP contribution in [0, 0.1) is 19.7 Å². The standard InChI is InChI=1S/C17H16FN5/c1-10-9-11(2)23-17(14(10)16-19-7-8-20-16)21-15(22-23)12-3-5-13(18)6-4-12/h3-6,9H,7-8H2,1-2H3,(H,19,20). The molecule has 23 heavy (non-hydrogen) atoms. The fourth-order valence-electron chi connectivity index (χ4n) is 2.92. The van der Waals surface area contributed by atoms with E-state index in [1.807, 2.05) is 11.4 Å². The molecule has 1 aliphatic rings. The van der Waals surface area contributed by atoms with Crippen LogP contribution >= 0.6 is 0 Å². The third kappa shape index (κ3) is 2.27. The van der Waals surface area contributed by atoms with Gasteiger partial charge in [0.1, 0.15) is 11.7 Å². The third-order valence-electron chi connectivity index (χ3n) is 4.00. The number of aryl methyl sites for hydroxylation is 2. The minimum absolute atomic E-state index is 0.269. The Hall–Kier alpha value is -2.76. The van der Waals surface area contributed by atoms with Crippen LogP contribution in [-0.4, -0.2) is 33.5 Å². The molecule has 0 saturated carbocycles. The summed E-state index contributed by atoms with van der Waals surface area (Å²) < 4.78 is 14.9. The first kappa shape index (κ1) is 13.9. The topological polar surface area (TPSA) is 54.6 Å². The van der Waals surface area contributed by atoms with E-state index in [4.69, 9.17) is 0 Å². The van der Waals surface area contributed by atoms with Crippen LogP contribution in [0.2, 0.25) is 0 Å². The van der Waals surface area contributed by atoms with Gasteiger partial charge in [-0.3, -0.25) is 4.99 Å². The molecule has 0 amide bonds. The van der Waals surface area contributed by atoms with Gasteiger partial charge in [-0.05, 0) is 49.7 Å².